The molecule has 0 aliphatic rings. The number of nitrogens with zero attached hydrogens (tertiary/aromatic N) is 2. The van der Waals surface area contributed by atoms with Gasteiger partial charge in [-0.2, -0.15) is 0 Å². The maximum atomic E-state index is 2.66. The molecule has 0 radical (unpaired) electrons. The summed E-state index contributed by atoms with van der Waals surface area (Å²) in [7, 11) is 5.26. The van der Waals surface area contributed by atoms with E-state index < -0.39 is 0 Å². The highest BCUT2D eigenvalue weighted by atomic mass is 31.1. The highest BCUT2D eigenvalue weighted by molar-refractivity contribution is 7.32. The molecule has 0 fully saturated rings. The van der Waals surface area contributed by atoms with Crippen LogP contribution in [-0.4, -0.2) is 36.5 Å². The topological polar surface area (TPSA) is 6.48 Å². The molecule has 0 aliphatic heterocycles. The van der Waals surface area contributed by atoms with Gasteiger partial charge in [-0.25, -0.2) is 0 Å². The van der Waals surface area contributed by atoms with Crippen LogP contribution in [0.5, 0.6) is 0 Å². The first-order valence-electron chi connectivity index (χ1n) is 8.39. The molecule has 0 saturated carbocycles. The standard InChI is InChI=1S/C16H37N2P/c1-5-7-9-11-13-15-18(19-17(3)4)16-14-12-10-8-6-2/h19H,5-16H2,1-4H3. The van der Waals surface area contributed by atoms with Crippen LogP contribution in [0.25, 0.3) is 0 Å². The average molecular weight is 288 g/mol. The minimum Gasteiger partial charge on any atom is -0.279 e. The normalized spacial score (nSPS) is 12.3. The summed E-state index contributed by atoms with van der Waals surface area (Å²) in [5.41, 5.74) is 0. The lowest BCUT2D eigenvalue weighted by Gasteiger charge is -2.25. The predicted molar refractivity (Wildman–Crippen MR) is 91.1 cm³/mol. The molecule has 0 aliphatic carbocycles. The second kappa shape index (κ2) is 14.8. The van der Waals surface area contributed by atoms with Gasteiger partial charge < -0.3 is 0 Å². The van der Waals surface area contributed by atoms with Crippen LogP contribution in [0, 0.1) is 0 Å². The molecule has 2 nitrogen and oxygen atoms in total. The highest BCUT2D eigenvalue weighted by Crippen LogP contribution is 2.22. The fourth-order valence-electron chi connectivity index (χ4n) is 2.31. The van der Waals surface area contributed by atoms with Gasteiger partial charge in [-0.15, -0.1) is 0 Å². The summed E-state index contributed by atoms with van der Waals surface area (Å²) in [6.07, 6.45) is 14.0. The third-order valence-corrected chi connectivity index (χ3v) is 4.53. The zero-order valence-corrected chi connectivity index (χ0v) is 14.9. The first kappa shape index (κ1) is 19.4. The summed E-state index contributed by atoms with van der Waals surface area (Å²) < 4.78 is 5.00. The van der Waals surface area contributed by atoms with Gasteiger partial charge >= 0.3 is 0 Å². The van der Waals surface area contributed by atoms with Crippen LogP contribution >= 0.6 is 8.88 Å². The largest absolute Gasteiger partial charge is 0.279 e. The van der Waals surface area contributed by atoms with E-state index in [4.69, 9.17) is 0 Å². The summed E-state index contributed by atoms with van der Waals surface area (Å²) in [5.74, 6) is 0. The molecule has 116 valence electrons. The van der Waals surface area contributed by atoms with Crippen LogP contribution in [0.4, 0.5) is 0 Å². The molecule has 0 amide bonds. The monoisotopic (exact) mass is 288 g/mol. The Balaban J connectivity index is 3.63. The van der Waals surface area contributed by atoms with Crippen molar-refractivity contribution in [3.8, 4) is 0 Å². The smallest absolute Gasteiger partial charge is 0.0234 e. The highest BCUT2D eigenvalue weighted by Gasteiger charge is 2.05. The van der Waals surface area contributed by atoms with Crippen molar-refractivity contribution < 1.29 is 0 Å². The van der Waals surface area contributed by atoms with Crippen LogP contribution in [0.15, 0.2) is 0 Å². The molecule has 19 heavy (non-hydrogen) atoms. The molecule has 0 spiro atoms. The summed E-state index contributed by atoms with van der Waals surface area (Å²) >= 11 is 0. The Kier molecular flexibility index (Phi) is 15.0. The van der Waals surface area contributed by atoms with Crippen molar-refractivity contribution in [2.75, 3.05) is 27.2 Å². The minimum absolute atomic E-state index is 0.871. The third-order valence-electron chi connectivity index (χ3n) is 3.40. The number of unbranched alkanes of at least 4 members (excludes halogenated alkanes) is 8. The van der Waals surface area contributed by atoms with Crippen molar-refractivity contribution in [2.24, 2.45) is 0 Å². The van der Waals surface area contributed by atoms with Gasteiger partial charge in [0.2, 0.25) is 0 Å². The molecule has 3 heteroatoms. The Labute approximate surface area is 124 Å². The van der Waals surface area contributed by atoms with E-state index in [9.17, 15) is 0 Å². The lowest BCUT2D eigenvalue weighted by molar-refractivity contribution is 0.404. The van der Waals surface area contributed by atoms with E-state index in [1.165, 1.54) is 77.3 Å². The van der Waals surface area contributed by atoms with E-state index in [1.54, 1.807) is 0 Å². The van der Waals surface area contributed by atoms with E-state index in [2.05, 4.69) is 37.3 Å². The Bertz CT molecular complexity index is 160. The van der Waals surface area contributed by atoms with Gasteiger partial charge in [-0.05, 0) is 26.9 Å². The zero-order chi connectivity index (χ0) is 14.3. The van der Waals surface area contributed by atoms with Gasteiger partial charge in [-0.3, -0.25) is 9.34 Å². The van der Waals surface area contributed by atoms with Gasteiger partial charge in [-0.1, -0.05) is 65.2 Å². The molecule has 0 aromatic heterocycles. The Morgan fingerprint density at radius 2 is 1.05 bits per heavy atom. The maximum Gasteiger partial charge on any atom is 0.0234 e. The Morgan fingerprint density at radius 1 is 0.632 bits per heavy atom. The van der Waals surface area contributed by atoms with E-state index in [-0.39, 0.29) is 0 Å². The Hall–Kier alpha value is 0.350. The first-order valence-corrected chi connectivity index (χ1v) is 9.28. The van der Waals surface area contributed by atoms with Gasteiger partial charge in [0.25, 0.3) is 0 Å². The van der Waals surface area contributed by atoms with Crippen LogP contribution in [-0.2, 0) is 0 Å². The van der Waals surface area contributed by atoms with E-state index in [1.807, 2.05) is 0 Å². The number of hydrogen-bond donors (Lipinski definition) is 0. The summed E-state index contributed by atoms with van der Waals surface area (Å²) in [6.45, 7) is 7.17. The molecule has 0 bridgehead atoms. The fourth-order valence-corrected chi connectivity index (χ4v) is 3.39. The van der Waals surface area contributed by atoms with Gasteiger partial charge in [0.05, 0.1) is 0 Å². The predicted octanol–water partition coefficient (Wildman–Crippen LogP) is 5.30. The van der Waals surface area contributed by atoms with Crippen LogP contribution in [0.3, 0.4) is 0 Å². The Morgan fingerprint density at radius 3 is 1.42 bits per heavy atom. The van der Waals surface area contributed by atoms with Crippen molar-refractivity contribution in [3.63, 3.8) is 0 Å². The van der Waals surface area contributed by atoms with Crippen LogP contribution in [0.1, 0.15) is 78.1 Å². The van der Waals surface area contributed by atoms with Crippen LogP contribution < -0.4 is 0 Å². The van der Waals surface area contributed by atoms with Crippen LogP contribution in [0.2, 0.25) is 0 Å². The zero-order valence-electron chi connectivity index (χ0n) is 13.9. The fraction of sp³-hybridized carbons (Fsp3) is 1.00. The number of rotatable bonds is 14. The molecule has 0 N–H and O–H groups in total. The maximum absolute atomic E-state index is 2.66. The molecular weight excluding hydrogens is 251 g/mol. The van der Waals surface area contributed by atoms with E-state index >= 15 is 0 Å². The van der Waals surface area contributed by atoms with Crippen molar-refractivity contribution in [2.45, 2.75) is 78.1 Å². The molecule has 0 aromatic carbocycles. The molecule has 1 unspecified atom stereocenters. The van der Waals surface area contributed by atoms with Gasteiger partial charge in [0.15, 0.2) is 0 Å². The van der Waals surface area contributed by atoms with Crippen molar-refractivity contribution in [3.05, 3.63) is 0 Å². The first-order chi connectivity index (χ1) is 9.20. The summed E-state index contributed by atoms with van der Waals surface area (Å²) in [4.78, 5) is 0. The second-order valence-electron chi connectivity index (χ2n) is 5.81. The summed E-state index contributed by atoms with van der Waals surface area (Å²) in [5, 5.41) is 0. The van der Waals surface area contributed by atoms with E-state index in [0.29, 0.717) is 0 Å². The average Bonchev–Trinajstić information content (AvgIpc) is 2.37. The molecular formula is C16H37N2P. The SMILES string of the molecule is CCCCCCCN(CCCCCCC)PN(C)C. The lowest BCUT2D eigenvalue weighted by Crippen LogP contribution is -2.21. The molecule has 0 saturated heterocycles. The molecule has 0 aromatic rings. The van der Waals surface area contributed by atoms with E-state index in [0.717, 1.165) is 8.88 Å². The number of hydrogen-bond acceptors (Lipinski definition) is 2. The van der Waals surface area contributed by atoms with Crippen molar-refractivity contribution in [1.29, 1.82) is 0 Å². The molecule has 0 heterocycles. The minimum atomic E-state index is 0.871. The van der Waals surface area contributed by atoms with Crippen molar-refractivity contribution in [1.82, 2.24) is 9.34 Å². The summed E-state index contributed by atoms with van der Waals surface area (Å²) in [6, 6.07) is 0. The quantitative estimate of drug-likeness (QED) is 0.316. The van der Waals surface area contributed by atoms with Crippen molar-refractivity contribution >= 4 is 8.88 Å². The lowest BCUT2D eigenvalue weighted by atomic mass is 10.1. The molecule has 1 atom stereocenters. The van der Waals surface area contributed by atoms with Gasteiger partial charge in [0.1, 0.15) is 0 Å². The molecule has 0 rings (SSSR count). The van der Waals surface area contributed by atoms with Gasteiger partial charge in [0, 0.05) is 22.0 Å². The second-order valence-corrected chi connectivity index (χ2v) is 7.54. The third kappa shape index (κ3) is 14.6.